The zero-order valence-corrected chi connectivity index (χ0v) is 14.4. The number of hydrogen-bond donors (Lipinski definition) is 1. The second-order valence-electron chi connectivity index (χ2n) is 5.29. The highest BCUT2D eigenvalue weighted by molar-refractivity contribution is 7.99. The van der Waals surface area contributed by atoms with Crippen molar-refractivity contribution in [3.05, 3.63) is 58.1 Å². The van der Waals surface area contributed by atoms with Crippen molar-refractivity contribution in [3.8, 4) is 5.75 Å². The number of nitro benzene ring substituents is 1. The number of anilines is 1. The molecule has 1 N–H and O–H groups in total. The Labute approximate surface area is 144 Å². The van der Waals surface area contributed by atoms with Crippen molar-refractivity contribution >= 4 is 29.0 Å². The van der Waals surface area contributed by atoms with E-state index in [2.05, 4.69) is 19.2 Å². The molecule has 0 aliphatic carbocycles. The Morgan fingerprint density at radius 2 is 2.00 bits per heavy atom. The summed E-state index contributed by atoms with van der Waals surface area (Å²) in [5.74, 6) is -0.0568. The zero-order chi connectivity index (χ0) is 17.7. The molecule has 0 saturated carbocycles. The molecule has 6 nitrogen and oxygen atoms in total. The van der Waals surface area contributed by atoms with Crippen LogP contribution in [-0.4, -0.2) is 23.2 Å². The Morgan fingerprint density at radius 3 is 2.62 bits per heavy atom. The third-order valence-corrected chi connectivity index (χ3v) is 4.11. The lowest BCUT2D eigenvalue weighted by molar-refractivity contribution is -0.384. The highest BCUT2D eigenvalue weighted by atomic mass is 32.2. The first-order valence-electron chi connectivity index (χ1n) is 7.31. The first-order chi connectivity index (χ1) is 11.4. The summed E-state index contributed by atoms with van der Waals surface area (Å²) in [5, 5.41) is 14.0. The van der Waals surface area contributed by atoms with Gasteiger partial charge in [0.15, 0.2) is 0 Å². The van der Waals surface area contributed by atoms with Crippen LogP contribution in [0.4, 0.5) is 11.4 Å². The van der Waals surface area contributed by atoms with E-state index in [4.69, 9.17) is 4.74 Å². The first-order valence-corrected chi connectivity index (χ1v) is 8.19. The molecular formula is C17H18N2O4S. The van der Waals surface area contributed by atoms with E-state index in [-0.39, 0.29) is 17.3 Å². The zero-order valence-electron chi connectivity index (χ0n) is 13.6. The second-order valence-corrected chi connectivity index (χ2v) is 6.94. The van der Waals surface area contributed by atoms with Gasteiger partial charge in [-0.15, -0.1) is 11.8 Å². The van der Waals surface area contributed by atoms with Crippen molar-refractivity contribution in [1.29, 1.82) is 0 Å². The van der Waals surface area contributed by atoms with E-state index >= 15 is 0 Å². The fraction of sp³-hybridized carbons (Fsp3) is 0.235. The number of amides is 1. The maximum atomic E-state index is 12.4. The molecule has 0 spiro atoms. The van der Waals surface area contributed by atoms with Gasteiger partial charge in [-0.25, -0.2) is 0 Å². The van der Waals surface area contributed by atoms with Crippen molar-refractivity contribution in [3.63, 3.8) is 0 Å². The summed E-state index contributed by atoms with van der Waals surface area (Å²) in [6.07, 6.45) is 0. The van der Waals surface area contributed by atoms with Crippen molar-refractivity contribution in [1.82, 2.24) is 0 Å². The summed E-state index contributed by atoms with van der Waals surface area (Å²) in [4.78, 5) is 23.7. The predicted molar refractivity (Wildman–Crippen MR) is 95.0 cm³/mol. The van der Waals surface area contributed by atoms with Crippen molar-refractivity contribution in [2.45, 2.75) is 24.0 Å². The number of benzene rings is 2. The molecule has 0 bridgehead atoms. The Morgan fingerprint density at radius 1 is 1.25 bits per heavy atom. The third-order valence-electron chi connectivity index (χ3n) is 3.11. The van der Waals surface area contributed by atoms with E-state index in [9.17, 15) is 14.9 Å². The fourth-order valence-corrected chi connectivity index (χ4v) is 2.97. The van der Waals surface area contributed by atoms with Crippen LogP contribution in [0.25, 0.3) is 0 Å². The lowest BCUT2D eigenvalue weighted by Crippen LogP contribution is -2.12. The summed E-state index contributed by atoms with van der Waals surface area (Å²) in [6, 6.07) is 11.4. The number of rotatable bonds is 6. The molecule has 0 saturated heterocycles. The molecule has 2 rings (SSSR count). The van der Waals surface area contributed by atoms with Gasteiger partial charge in [-0.3, -0.25) is 14.9 Å². The average Bonchev–Trinajstić information content (AvgIpc) is 2.54. The summed E-state index contributed by atoms with van der Waals surface area (Å²) < 4.78 is 5.13. The van der Waals surface area contributed by atoms with Gasteiger partial charge in [-0.2, -0.15) is 0 Å². The smallest absolute Gasteiger partial charge is 0.273 e. The largest absolute Gasteiger partial charge is 0.494 e. The number of methoxy groups -OCH3 is 1. The van der Waals surface area contributed by atoms with Gasteiger partial charge in [-0.1, -0.05) is 19.9 Å². The van der Waals surface area contributed by atoms with Crippen LogP contribution in [0.3, 0.4) is 0 Å². The molecule has 2 aromatic rings. The van der Waals surface area contributed by atoms with Gasteiger partial charge in [0.25, 0.3) is 11.6 Å². The van der Waals surface area contributed by atoms with E-state index in [0.29, 0.717) is 16.5 Å². The van der Waals surface area contributed by atoms with Gasteiger partial charge in [0.1, 0.15) is 5.75 Å². The summed E-state index contributed by atoms with van der Waals surface area (Å²) in [7, 11) is 1.40. The Balaban J connectivity index is 2.22. The summed E-state index contributed by atoms with van der Waals surface area (Å²) in [6.45, 7) is 4.16. The van der Waals surface area contributed by atoms with Crippen LogP contribution in [0.2, 0.25) is 0 Å². The quantitative estimate of drug-likeness (QED) is 0.477. The van der Waals surface area contributed by atoms with E-state index in [1.807, 2.05) is 18.2 Å². The molecule has 2 aromatic carbocycles. The molecule has 7 heteroatoms. The lowest BCUT2D eigenvalue weighted by atomic mass is 10.2. The van der Waals surface area contributed by atoms with Crippen LogP contribution >= 0.6 is 11.8 Å². The first kappa shape index (κ1) is 17.8. The predicted octanol–water partition coefficient (Wildman–Crippen LogP) is 4.36. The highest BCUT2D eigenvalue weighted by Crippen LogP contribution is 2.30. The van der Waals surface area contributed by atoms with Gasteiger partial charge in [0, 0.05) is 21.8 Å². The Kier molecular flexibility index (Phi) is 5.81. The lowest BCUT2D eigenvalue weighted by Gasteiger charge is -2.11. The molecule has 0 radical (unpaired) electrons. The number of nitrogens with one attached hydrogen (secondary N) is 1. The second kappa shape index (κ2) is 7.83. The van der Waals surface area contributed by atoms with E-state index < -0.39 is 4.92 Å². The molecule has 126 valence electrons. The van der Waals surface area contributed by atoms with Crippen LogP contribution in [0.5, 0.6) is 5.75 Å². The highest BCUT2D eigenvalue weighted by Gasteiger charge is 2.14. The Hall–Kier alpha value is -2.54. The number of non-ortho nitro benzene ring substituents is 1. The van der Waals surface area contributed by atoms with Crippen LogP contribution < -0.4 is 10.1 Å². The number of carbonyl (C=O) groups excluding carboxylic acids is 1. The van der Waals surface area contributed by atoms with Gasteiger partial charge < -0.3 is 10.1 Å². The standard InChI is InChI=1S/C17H18N2O4S/c1-11(2)24-14-6-4-5-12(9-14)17(20)18-15-8-7-13(19(21)22)10-16(15)23-3/h4-11H,1-3H3,(H,18,20). The van der Waals surface area contributed by atoms with Crippen LogP contribution in [-0.2, 0) is 0 Å². The number of hydrogen-bond acceptors (Lipinski definition) is 5. The minimum Gasteiger partial charge on any atom is -0.494 e. The molecule has 0 heterocycles. The molecule has 0 aliphatic rings. The number of thioether (sulfide) groups is 1. The van der Waals surface area contributed by atoms with Crippen molar-refractivity contribution in [2.24, 2.45) is 0 Å². The molecule has 24 heavy (non-hydrogen) atoms. The SMILES string of the molecule is COc1cc([N+](=O)[O-])ccc1NC(=O)c1cccc(SC(C)C)c1. The molecule has 0 fully saturated rings. The summed E-state index contributed by atoms with van der Waals surface area (Å²) in [5.41, 5.74) is 0.802. The minimum absolute atomic E-state index is 0.0971. The van der Waals surface area contributed by atoms with E-state index in [1.54, 1.807) is 17.8 Å². The number of ether oxygens (including phenoxy) is 1. The minimum atomic E-state index is -0.513. The van der Waals surface area contributed by atoms with Gasteiger partial charge in [-0.05, 0) is 24.3 Å². The van der Waals surface area contributed by atoms with E-state index in [0.717, 1.165) is 4.90 Å². The molecule has 0 aliphatic heterocycles. The van der Waals surface area contributed by atoms with Crippen molar-refractivity contribution < 1.29 is 14.5 Å². The monoisotopic (exact) mass is 346 g/mol. The molecular weight excluding hydrogens is 328 g/mol. The maximum Gasteiger partial charge on any atom is 0.273 e. The number of carbonyl (C=O) groups is 1. The van der Waals surface area contributed by atoms with Gasteiger partial charge >= 0.3 is 0 Å². The topological polar surface area (TPSA) is 81.5 Å². The van der Waals surface area contributed by atoms with Gasteiger partial charge in [0.2, 0.25) is 0 Å². The molecule has 1 amide bonds. The summed E-state index contributed by atoms with van der Waals surface area (Å²) >= 11 is 1.67. The van der Waals surface area contributed by atoms with Crippen LogP contribution in [0.15, 0.2) is 47.4 Å². The molecule has 0 atom stereocenters. The van der Waals surface area contributed by atoms with Crippen LogP contribution in [0, 0.1) is 10.1 Å². The average molecular weight is 346 g/mol. The normalized spacial score (nSPS) is 10.5. The number of nitrogens with zero attached hydrogens (tertiary/aromatic N) is 1. The third kappa shape index (κ3) is 4.48. The number of nitro groups is 1. The molecule has 0 unspecified atom stereocenters. The fourth-order valence-electron chi connectivity index (χ4n) is 2.07. The Bertz CT molecular complexity index is 762. The molecule has 0 aromatic heterocycles. The van der Waals surface area contributed by atoms with Crippen molar-refractivity contribution in [2.75, 3.05) is 12.4 Å². The van der Waals surface area contributed by atoms with Crippen LogP contribution in [0.1, 0.15) is 24.2 Å². The van der Waals surface area contributed by atoms with E-state index in [1.165, 1.54) is 25.3 Å². The maximum absolute atomic E-state index is 12.4. The van der Waals surface area contributed by atoms with Gasteiger partial charge in [0.05, 0.1) is 23.8 Å².